The second-order valence-corrected chi connectivity index (χ2v) is 10.4. The van der Waals surface area contributed by atoms with Gasteiger partial charge in [0.25, 0.3) is 5.91 Å². The van der Waals surface area contributed by atoms with Crippen LogP contribution in [0, 0.1) is 0 Å². The molecule has 7 nitrogen and oxygen atoms in total. The van der Waals surface area contributed by atoms with Crippen molar-refractivity contribution in [2.75, 3.05) is 27.9 Å². The van der Waals surface area contributed by atoms with Crippen molar-refractivity contribution in [3.8, 4) is 34.2 Å². The zero-order valence-electron chi connectivity index (χ0n) is 21.8. The Hall–Kier alpha value is -4.08. The smallest absolute Gasteiger partial charge is 0.266 e. The van der Waals surface area contributed by atoms with Crippen LogP contribution >= 0.6 is 24.0 Å². The second-order valence-electron chi connectivity index (χ2n) is 8.72. The number of benzene rings is 3. The van der Waals surface area contributed by atoms with Gasteiger partial charge in [0.2, 0.25) is 0 Å². The number of rotatable bonds is 9. The summed E-state index contributed by atoms with van der Waals surface area (Å²) in [7, 11) is 4.84. The summed E-state index contributed by atoms with van der Waals surface area (Å²) >= 11 is 6.91. The molecule has 5 rings (SSSR count). The summed E-state index contributed by atoms with van der Waals surface area (Å²) in [5.41, 5.74) is 4.39. The number of aromatic nitrogens is 2. The minimum atomic E-state index is -0.116. The van der Waals surface area contributed by atoms with Gasteiger partial charge >= 0.3 is 0 Å². The number of carbonyl (C=O) groups excluding carboxylic acids is 1. The number of hydrogen-bond acceptors (Lipinski definition) is 7. The van der Waals surface area contributed by atoms with Crippen LogP contribution < -0.4 is 14.2 Å². The van der Waals surface area contributed by atoms with Crippen LogP contribution in [0.25, 0.3) is 23.0 Å². The van der Waals surface area contributed by atoms with Gasteiger partial charge in [0.05, 0.1) is 31.9 Å². The molecule has 3 aromatic carbocycles. The normalized spacial score (nSPS) is 14.2. The van der Waals surface area contributed by atoms with E-state index in [1.54, 1.807) is 26.2 Å². The minimum absolute atomic E-state index is 0.116. The van der Waals surface area contributed by atoms with Crippen LogP contribution in [0.1, 0.15) is 11.1 Å². The molecule has 1 aliphatic heterocycles. The van der Waals surface area contributed by atoms with Crippen molar-refractivity contribution >= 4 is 40.3 Å². The Bertz CT molecular complexity index is 1550. The van der Waals surface area contributed by atoms with Crippen LogP contribution in [-0.2, 0) is 11.2 Å². The number of thioether (sulfide) groups is 1. The molecule has 0 unspecified atom stereocenters. The minimum Gasteiger partial charge on any atom is -0.497 e. The predicted octanol–water partition coefficient (Wildman–Crippen LogP) is 6.01. The van der Waals surface area contributed by atoms with Crippen molar-refractivity contribution in [1.82, 2.24) is 14.7 Å². The molecule has 198 valence electrons. The van der Waals surface area contributed by atoms with Crippen LogP contribution in [0.3, 0.4) is 0 Å². The van der Waals surface area contributed by atoms with E-state index in [0.717, 1.165) is 33.8 Å². The van der Waals surface area contributed by atoms with Crippen LogP contribution in [0.4, 0.5) is 0 Å². The topological polar surface area (TPSA) is 65.8 Å². The van der Waals surface area contributed by atoms with E-state index in [-0.39, 0.29) is 5.91 Å². The van der Waals surface area contributed by atoms with Crippen molar-refractivity contribution in [3.05, 3.63) is 95.0 Å². The summed E-state index contributed by atoms with van der Waals surface area (Å²) in [5.74, 6) is 1.93. The molecule has 1 aliphatic rings. The first kappa shape index (κ1) is 26.5. The van der Waals surface area contributed by atoms with E-state index >= 15 is 0 Å². The van der Waals surface area contributed by atoms with Crippen molar-refractivity contribution < 1.29 is 19.0 Å². The van der Waals surface area contributed by atoms with Gasteiger partial charge in [-0.25, -0.2) is 4.68 Å². The van der Waals surface area contributed by atoms with Crippen LogP contribution in [-0.4, -0.2) is 52.8 Å². The van der Waals surface area contributed by atoms with E-state index in [1.165, 1.54) is 11.8 Å². The Morgan fingerprint density at radius 3 is 2.46 bits per heavy atom. The van der Waals surface area contributed by atoms with Gasteiger partial charge in [0.1, 0.15) is 15.8 Å². The Labute approximate surface area is 237 Å². The molecule has 0 saturated carbocycles. The van der Waals surface area contributed by atoms with E-state index < -0.39 is 0 Å². The Morgan fingerprint density at radius 2 is 1.72 bits per heavy atom. The number of hydrogen-bond donors (Lipinski definition) is 0. The number of para-hydroxylation sites is 1. The van der Waals surface area contributed by atoms with E-state index in [2.05, 4.69) is 0 Å². The Balaban J connectivity index is 1.43. The molecular formula is C30H27N3O4S2. The van der Waals surface area contributed by atoms with Gasteiger partial charge in [-0.3, -0.25) is 9.69 Å². The molecule has 39 heavy (non-hydrogen) atoms. The first-order chi connectivity index (χ1) is 19.0. The molecule has 9 heteroatoms. The van der Waals surface area contributed by atoms with E-state index in [4.69, 9.17) is 31.5 Å². The highest BCUT2D eigenvalue weighted by atomic mass is 32.2. The molecule has 1 fully saturated rings. The molecule has 0 radical (unpaired) electrons. The summed E-state index contributed by atoms with van der Waals surface area (Å²) in [6, 6.07) is 23.3. The molecular weight excluding hydrogens is 530 g/mol. The highest BCUT2D eigenvalue weighted by molar-refractivity contribution is 8.26. The third-order valence-corrected chi connectivity index (χ3v) is 7.72. The summed E-state index contributed by atoms with van der Waals surface area (Å²) in [6.07, 6.45) is 4.43. The summed E-state index contributed by atoms with van der Waals surface area (Å²) in [5, 5.41) is 4.87. The van der Waals surface area contributed by atoms with Crippen molar-refractivity contribution in [2.24, 2.45) is 0 Å². The maximum Gasteiger partial charge on any atom is 0.266 e. The molecule has 0 atom stereocenters. The SMILES string of the molecule is COc1cccc(-c2nn(-c3ccccc3)cc2C=C2SC(=S)N(CCc3ccc(OC)c(OC)c3)C2=O)c1. The molecule has 1 aromatic heterocycles. The summed E-state index contributed by atoms with van der Waals surface area (Å²) in [6.45, 7) is 0.462. The molecule has 4 aromatic rings. The van der Waals surface area contributed by atoms with Gasteiger partial charge in [0, 0.05) is 23.9 Å². The molecule has 0 bridgehead atoms. The zero-order chi connectivity index (χ0) is 27.4. The van der Waals surface area contributed by atoms with E-state index in [9.17, 15) is 4.79 Å². The largest absolute Gasteiger partial charge is 0.497 e. The summed E-state index contributed by atoms with van der Waals surface area (Å²) in [4.78, 5) is 15.7. The van der Waals surface area contributed by atoms with Crippen LogP contribution in [0.5, 0.6) is 17.2 Å². The third kappa shape index (κ3) is 5.69. The number of thiocarbonyl (C=S) groups is 1. The molecule has 0 spiro atoms. The van der Waals surface area contributed by atoms with Gasteiger partial charge in [-0.2, -0.15) is 5.10 Å². The lowest BCUT2D eigenvalue weighted by atomic mass is 10.1. The maximum absolute atomic E-state index is 13.4. The quantitative estimate of drug-likeness (QED) is 0.184. The lowest BCUT2D eigenvalue weighted by Crippen LogP contribution is -2.30. The zero-order valence-corrected chi connectivity index (χ0v) is 23.4. The molecule has 0 aliphatic carbocycles. The predicted molar refractivity (Wildman–Crippen MR) is 159 cm³/mol. The lowest BCUT2D eigenvalue weighted by Gasteiger charge is -2.15. The average Bonchev–Trinajstić information content (AvgIpc) is 3.52. The second kappa shape index (κ2) is 11.8. The average molecular weight is 558 g/mol. The van der Waals surface area contributed by atoms with Gasteiger partial charge in [-0.05, 0) is 54.5 Å². The van der Waals surface area contributed by atoms with Gasteiger partial charge < -0.3 is 14.2 Å². The first-order valence-corrected chi connectivity index (χ1v) is 13.5. The monoisotopic (exact) mass is 557 g/mol. The van der Waals surface area contributed by atoms with Gasteiger partial charge in [-0.15, -0.1) is 0 Å². The Morgan fingerprint density at radius 1 is 0.923 bits per heavy atom. The number of carbonyl (C=O) groups is 1. The standard InChI is InChI=1S/C30H27N3O4S2/c1-35-24-11-7-8-21(17-24)28-22(19-33(31-28)23-9-5-4-6-10-23)18-27-29(34)32(30(38)39-27)15-14-20-12-13-25(36-2)26(16-20)37-3/h4-13,16-19H,14-15H2,1-3H3. The van der Waals surface area contributed by atoms with Crippen molar-refractivity contribution in [3.63, 3.8) is 0 Å². The number of nitrogens with zero attached hydrogens (tertiary/aromatic N) is 3. The number of methoxy groups -OCH3 is 3. The number of amides is 1. The van der Waals surface area contributed by atoms with Crippen molar-refractivity contribution in [1.29, 1.82) is 0 Å². The molecule has 1 amide bonds. The first-order valence-electron chi connectivity index (χ1n) is 12.3. The van der Waals surface area contributed by atoms with E-state index in [1.807, 2.05) is 89.8 Å². The van der Waals surface area contributed by atoms with E-state index in [0.29, 0.717) is 33.7 Å². The number of ether oxygens (including phenoxy) is 3. The Kier molecular flexibility index (Phi) is 7.99. The fourth-order valence-electron chi connectivity index (χ4n) is 4.31. The molecule has 2 heterocycles. The lowest BCUT2D eigenvalue weighted by molar-refractivity contribution is -0.122. The third-order valence-electron chi connectivity index (χ3n) is 6.34. The highest BCUT2D eigenvalue weighted by Gasteiger charge is 2.32. The summed E-state index contributed by atoms with van der Waals surface area (Å²) < 4.78 is 18.5. The highest BCUT2D eigenvalue weighted by Crippen LogP contribution is 2.36. The van der Waals surface area contributed by atoms with Gasteiger partial charge in [0.15, 0.2) is 11.5 Å². The van der Waals surface area contributed by atoms with Crippen LogP contribution in [0.2, 0.25) is 0 Å². The van der Waals surface area contributed by atoms with Gasteiger partial charge in [-0.1, -0.05) is 60.4 Å². The molecule has 1 saturated heterocycles. The maximum atomic E-state index is 13.4. The molecule has 0 N–H and O–H groups in total. The fourth-order valence-corrected chi connectivity index (χ4v) is 5.61. The van der Waals surface area contributed by atoms with Crippen molar-refractivity contribution in [2.45, 2.75) is 6.42 Å². The fraction of sp³-hybridized carbons (Fsp3) is 0.167. The van der Waals surface area contributed by atoms with Crippen LogP contribution in [0.15, 0.2) is 83.9 Å².